The van der Waals surface area contributed by atoms with E-state index >= 15 is 0 Å². The van der Waals surface area contributed by atoms with Crippen molar-refractivity contribution in [3.63, 3.8) is 0 Å². The lowest BCUT2D eigenvalue weighted by atomic mass is 9.97. The van der Waals surface area contributed by atoms with Gasteiger partial charge in [0, 0.05) is 0 Å². The predicted octanol–water partition coefficient (Wildman–Crippen LogP) is 3.49. The van der Waals surface area contributed by atoms with Crippen LogP contribution < -0.4 is 4.74 Å². The third-order valence-corrected chi connectivity index (χ3v) is 2.07. The van der Waals surface area contributed by atoms with Gasteiger partial charge in [-0.2, -0.15) is 0 Å². The number of ether oxygens (including phenoxy) is 1. The van der Waals surface area contributed by atoms with Gasteiger partial charge >= 0.3 is 12.3 Å². The van der Waals surface area contributed by atoms with Crippen LogP contribution in [0.25, 0.3) is 0 Å². The van der Waals surface area contributed by atoms with Crippen molar-refractivity contribution in [2.75, 3.05) is 0 Å². The minimum Gasteiger partial charge on any atom is -0.478 e. The molecule has 1 aromatic rings. The van der Waals surface area contributed by atoms with Gasteiger partial charge in [-0.15, -0.1) is 13.2 Å². The van der Waals surface area contributed by atoms with Gasteiger partial charge in [0.05, 0.1) is 5.56 Å². The largest absolute Gasteiger partial charge is 0.573 e. The smallest absolute Gasteiger partial charge is 0.478 e. The molecule has 0 spiro atoms. The maximum atomic E-state index is 13.6. The second-order valence-corrected chi connectivity index (χ2v) is 4.07. The van der Waals surface area contributed by atoms with Crippen molar-refractivity contribution in [1.29, 1.82) is 0 Å². The Kier molecular flexibility index (Phi) is 3.54. The molecule has 0 bridgehead atoms. The summed E-state index contributed by atoms with van der Waals surface area (Å²) >= 11 is 0. The highest BCUT2D eigenvalue weighted by Gasteiger charge is 2.32. The molecule has 0 atom stereocenters. The average Bonchev–Trinajstić information content (AvgIpc) is 2.12. The van der Waals surface area contributed by atoms with E-state index in [2.05, 4.69) is 4.74 Å². The molecule has 0 aromatic heterocycles. The molecule has 0 unspecified atom stereocenters. The normalized spacial score (nSPS) is 12.3. The van der Waals surface area contributed by atoms with Crippen molar-refractivity contribution in [2.45, 2.75) is 25.9 Å². The van der Waals surface area contributed by atoms with E-state index in [-0.39, 0.29) is 5.56 Å². The fourth-order valence-corrected chi connectivity index (χ4v) is 1.26. The number of aromatic carboxylic acids is 1. The number of alkyl halides is 4. The zero-order valence-corrected chi connectivity index (χ0v) is 9.51. The van der Waals surface area contributed by atoms with Crippen molar-refractivity contribution < 1.29 is 32.2 Å². The van der Waals surface area contributed by atoms with E-state index in [9.17, 15) is 22.4 Å². The van der Waals surface area contributed by atoms with Crippen molar-refractivity contribution in [2.24, 2.45) is 0 Å². The van der Waals surface area contributed by atoms with Crippen LogP contribution in [0.15, 0.2) is 18.2 Å². The van der Waals surface area contributed by atoms with E-state index in [1.165, 1.54) is 0 Å². The average molecular weight is 266 g/mol. The summed E-state index contributed by atoms with van der Waals surface area (Å²) in [4.78, 5) is 10.7. The first-order chi connectivity index (χ1) is 7.99. The number of hydrogen-bond acceptors (Lipinski definition) is 2. The van der Waals surface area contributed by atoms with E-state index in [0.29, 0.717) is 6.07 Å². The Bertz CT molecular complexity index is 460. The van der Waals surface area contributed by atoms with Crippen LogP contribution in [0.1, 0.15) is 29.8 Å². The molecular weight excluding hydrogens is 256 g/mol. The number of rotatable bonds is 3. The number of carbonyl (C=O) groups is 1. The summed E-state index contributed by atoms with van der Waals surface area (Å²) in [5.41, 5.74) is -2.66. The van der Waals surface area contributed by atoms with Gasteiger partial charge in [0.1, 0.15) is 11.4 Å². The lowest BCUT2D eigenvalue weighted by Gasteiger charge is -2.17. The van der Waals surface area contributed by atoms with Gasteiger partial charge in [-0.1, -0.05) is 0 Å². The summed E-state index contributed by atoms with van der Waals surface area (Å²) in [7, 11) is 0. The number of benzene rings is 1. The van der Waals surface area contributed by atoms with Crippen molar-refractivity contribution in [3.8, 4) is 5.75 Å². The highest BCUT2D eigenvalue weighted by Crippen LogP contribution is 2.31. The molecule has 0 aliphatic heterocycles. The van der Waals surface area contributed by atoms with Gasteiger partial charge in [0.25, 0.3) is 0 Å². The van der Waals surface area contributed by atoms with E-state index in [0.717, 1.165) is 26.0 Å². The molecule has 18 heavy (non-hydrogen) atoms. The minimum absolute atomic E-state index is 0.207. The van der Waals surface area contributed by atoms with Gasteiger partial charge in [0.2, 0.25) is 0 Å². The third kappa shape index (κ3) is 3.90. The highest BCUT2D eigenvalue weighted by atomic mass is 19.4. The molecule has 0 aliphatic rings. The summed E-state index contributed by atoms with van der Waals surface area (Å²) in [6.45, 7) is 2.21. The standard InChI is InChI=1S/C11H10F4O3/c1-10(2,12)7-3-6(9(16)17)4-8(5-7)18-11(13,14)15/h3-5H,1-2H3,(H,16,17). The molecule has 0 amide bonds. The van der Waals surface area contributed by atoms with Gasteiger partial charge in [-0.25, -0.2) is 9.18 Å². The van der Waals surface area contributed by atoms with Gasteiger partial charge in [0.15, 0.2) is 0 Å². The maximum absolute atomic E-state index is 13.6. The van der Waals surface area contributed by atoms with E-state index in [1.54, 1.807) is 0 Å². The topological polar surface area (TPSA) is 46.5 Å². The van der Waals surface area contributed by atoms with Gasteiger partial charge < -0.3 is 9.84 Å². The molecule has 0 heterocycles. The molecule has 0 fully saturated rings. The Labute approximate surface area is 100.0 Å². The number of carboxylic acids is 1. The molecule has 7 heteroatoms. The Morgan fingerprint density at radius 2 is 1.72 bits per heavy atom. The number of halogens is 4. The Morgan fingerprint density at radius 1 is 1.17 bits per heavy atom. The Morgan fingerprint density at radius 3 is 2.11 bits per heavy atom. The zero-order chi connectivity index (χ0) is 14.1. The fraction of sp³-hybridized carbons (Fsp3) is 0.364. The molecule has 0 saturated heterocycles. The van der Waals surface area contributed by atoms with Crippen molar-refractivity contribution in [1.82, 2.24) is 0 Å². The molecular formula is C11H10F4O3. The highest BCUT2D eigenvalue weighted by molar-refractivity contribution is 5.88. The van der Waals surface area contributed by atoms with Crippen LogP contribution in [0.2, 0.25) is 0 Å². The van der Waals surface area contributed by atoms with Crippen LogP contribution in [-0.4, -0.2) is 17.4 Å². The van der Waals surface area contributed by atoms with Crippen molar-refractivity contribution >= 4 is 5.97 Å². The molecule has 3 nitrogen and oxygen atoms in total. The first-order valence-electron chi connectivity index (χ1n) is 4.82. The van der Waals surface area contributed by atoms with Crippen LogP contribution in [0.5, 0.6) is 5.75 Å². The van der Waals surface area contributed by atoms with Gasteiger partial charge in [-0.05, 0) is 37.6 Å². The van der Waals surface area contributed by atoms with Crippen molar-refractivity contribution in [3.05, 3.63) is 29.3 Å². The summed E-state index contributed by atoms with van der Waals surface area (Å²) < 4.78 is 53.4. The summed E-state index contributed by atoms with van der Waals surface area (Å²) in [5, 5.41) is 8.74. The van der Waals surface area contributed by atoms with Crippen LogP contribution in [-0.2, 0) is 5.67 Å². The molecule has 0 saturated carbocycles. The molecule has 1 N–H and O–H groups in total. The first-order valence-corrected chi connectivity index (χ1v) is 4.82. The van der Waals surface area contributed by atoms with Crippen LogP contribution in [0, 0.1) is 0 Å². The van der Waals surface area contributed by atoms with E-state index in [1.807, 2.05) is 0 Å². The predicted molar refractivity (Wildman–Crippen MR) is 54.2 cm³/mol. The molecule has 1 rings (SSSR count). The second kappa shape index (κ2) is 4.47. The molecule has 1 aromatic carbocycles. The lowest BCUT2D eigenvalue weighted by Crippen LogP contribution is -2.18. The Balaban J connectivity index is 3.27. The summed E-state index contributed by atoms with van der Waals surface area (Å²) in [6, 6.07) is 2.47. The summed E-state index contributed by atoms with van der Waals surface area (Å²) in [6.07, 6.45) is -4.96. The molecule has 0 aliphatic carbocycles. The number of carboxylic acid groups (broad SMARTS) is 1. The lowest BCUT2D eigenvalue weighted by molar-refractivity contribution is -0.274. The zero-order valence-electron chi connectivity index (χ0n) is 9.51. The fourth-order valence-electron chi connectivity index (χ4n) is 1.26. The minimum atomic E-state index is -4.96. The third-order valence-electron chi connectivity index (χ3n) is 2.07. The van der Waals surface area contributed by atoms with Crippen LogP contribution in [0.3, 0.4) is 0 Å². The maximum Gasteiger partial charge on any atom is 0.573 e. The molecule has 100 valence electrons. The Hall–Kier alpha value is -1.79. The van der Waals surface area contributed by atoms with E-state index in [4.69, 9.17) is 5.11 Å². The molecule has 0 radical (unpaired) electrons. The van der Waals surface area contributed by atoms with E-state index < -0.39 is 29.3 Å². The monoisotopic (exact) mass is 266 g/mol. The van der Waals surface area contributed by atoms with Gasteiger partial charge in [-0.3, -0.25) is 0 Å². The quantitative estimate of drug-likeness (QED) is 0.852. The number of hydrogen-bond donors (Lipinski definition) is 1. The SMILES string of the molecule is CC(C)(F)c1cc(OC(F)(F)F)cc(C(=O)O)c1. The van der Waals surface area contributed by atoms with Crippen LogP contribution >= 0.6 is 0 Å². The summed E-state index contributed by atoms with van der Waals surface area (Å²) in [5.74, 6) is -2.23. The second-order valence-electron chi connectivity index (χ2n) is 4.07. The van der Waals surface area contributed by atoms with Crippen LogP contribution in [0.4, 0.5) is 17.6 Å². The first kappa shape index (κ1) is 14.3.